The summed E-state index contributed by atoms with van der Waals surface area (Å²) in [5, 5.41) is 16.6. The molecular weight excluding hydrogens is 233 g/mol. The normalized spacial score (nSPS) is 18.8. The highest BCUT2D eigenvalue weighted by molar-refractivity contribution is 7.57. The number of nitro groups is 1. The van der Waals surface area contributed by atoms with E-state index in [2.05, 4.69) is 19.9 Å². The molecule has 0 aromatic carbocycles. The summed E-state index contributed by atoms with van der Waals surface area (Å²) in [7, 11) is 0.523. The highest BCUT2D eigenvalue weighted by Gasteiger charge is 2.31. The van der Waals surface area contributed by atoms with Crippen LogP contribution in [0.25, 0.3) is 0 Å². The van der Waals surface area contributed by atoms with Crippen molar-refractivity contribution in [2.75, 3.05) is 20.2 Å². The second-order valence-corrected chi connectivity index (χ2v) is 5.23. The molecule has 1 N–H and O–H groups in total. The van der Waals surface area contributed by atoms with Gasteiger partial charge in [-0.3, -0.25) is 4.67 Å². The van der Waals surface area contributed by atoms with Crippen LogP contribution < -0.4 is 5.57 Å². The van der Waals surface area contributed by atoms with Gasteiger partial charge in [0.25, 0.3) is 5.57 Å². The molecule has 0 bridgehead atoms. The van der Waals surface area contributed by atoms with Gasteiger partial charge in [-0.05, 0) is 22.7 Å². The van der Waals surface area contributed by atoms with Crippen molar-refractivity contribution in [1.82, 2.24) is 19.9 Å². The zero-order valence-electron chi connectivity index (χ0n) is 8.79. The molecule has 9 heteroatoms. The van der Waals surface area contributed by atoms with E-state index in [0.717, 1.165) is 25.9 Å². The van der Waals surface area contributed by atoms with Crippen LogP contribution in [0.3, 0.4) is 0 Å². The number of nitrogens with one attached hydrogen (secondary N) is 1. The predicted octanol–water partition coefficient (Wildman–Crippen LogP) is 0.392. The molecule has 2 rings (SSSR count). The van der Waals surface area contributed by atoms with Gasteiger partial charge in [0.1, 0.15) is 0 Å². The van der Waals surface area contributed by atoms with Crippen molar-refractivity contribution < 1.29 is 9.45 Å². The second-order valence-electron chi connectivity index (χ2n) is 3.33. The van der Waals surface area contributed by atoms with E-state index in [1.165, 1.54) is 0 Å². The smallest absolute Gasteiger partial charge is 0.390 e. The van der Waals surface area contributed by atoms with Crippen LogP contribution in [0, 0.1) is 10.1 Å². The van der Waals surface area contributed by atoms with Crippen LogP contribution in [-0.4, -0.2) is 45.0 Å². The predicted molar refractivity (Wildman–Crippen MR) is 57.4 cm³/mol. The standard InChI is InChI=1S/C7H12N5O3P/c1-15-16(11-4-2-3-5-11)7-8-6(9-10-7)12(13)14/h2-5H2,1H3,(H,8,9,10). The van der Waals surface area contributed by atoms with Gasteiger partial charge in [0, 0.05) is 25.3 Å². The Labute approximate surface area is 93.0 Å². The fourth-order valence-corrected chi connectivity index (χ4v) is 3.26. The van der Waals surface area contributed by atoms with Crippen molar-refractivity contribution in [2.45, 2.75) is 12.8 Å². The summed E-state index contributed by atoms with van der Waals surface area (Å²) in [6, 6.07) is 0. The molecule has 0 saturated carbocycles. The molecular formula is C7H12N5O3P. The molecule has 1 aromatic heterocycles. The molecule has 0 aliphatic carbocycles. The summed E-state index contributed by atoms with van der Waals surface area (Å²) in [5.41, 5.74) is 0.450. The summed E-state index contributed by atoms with van der Waals surface area (Å²) in [4.78, 5) is 13.7. The SMILES string of the molecule is COP(c1nc([N+](=O)[O-])n[nH]1)N1CCCC1. The van der Waals surface area contributed by atoms with Crippen LogP contribution in [0.2, 0.25) is 0 Å². The first-order valence-electron chi connectivity index (χ1n) is 4.88. The van der Waals surface area contributed by atoms with Gasteiger partial charge < -0.3 is 14.6 Å². The lowest BCUT2D eigenvalue weighted by atomic mass is 10.4. The Kier molecular flexibility index (Phi) is 3.42. The van der Waals surface area contributed by atoms with Crippen LogP contribution in [0.4, 0.5) is 5.95 Å². The van der Waals surface area contributed by atoms with Gasteiger partial charge in [-0.2, -0.15) is 5.10 Å². The van der Waals surface area contributed by atoms with E-state index in [9.17, 15) is 10.1 Å². The quantitative estimate of drug-likeness (QED) is 0.468. The second kappa shape index (κ2) is 4.82. The molecule has 2 heterocycles. The van der Waals surface area contributed by atoms with E-state index < -0.39 is 19.2 Å². The molecule has 1 fully saturated rings. The third kappa shape index (κ3) is 2.18. The van der Waals surface area contributed by atoms with Gasteiger partial charge in [0.15, 0.2) is 8.30 Å². The number of rotatable bonds is 4. The summed E-state index contributed by atoms with van der Waals surface area (Å²) in [6.07, 6.45) is 2.25. The Morgan fingerprint density at radius 2 is 2.25 bits per heavy atom. The van der Waals surface area contributed by atoms with Crippen LogP contribution >= 0.6 is 8.30 Å². The number of aromatic nitrogens is 3. The lowest BCUT2D eigenvalue weighted by molar-refractivity contribution is -0.394. The van der Waals surface area contributed by atoms with Gasteiger partial charge in [-0.1, -0.05) is 0 Å². The summed E-state index contributed by atoms with van der Waals surface area (Å²) >= 11 is 0. The lowest BCUT2D eigenvalue weighted by Gasteiger charge is -2.20. The molecule has 88 valence electrons. The molecule has 0 amide bonds. The number of nitrogens with zero attached hydrogens (tertiary/aromatic N) is 4. The molecule has 1 atom stereocenters. The number of hydrogen-bond acceptors (Lipinski definition) is 6. The minimum atomic E-state index is -1.06. The summed E-state index contributed by atoms with van der Waals surface area (Å²) < 4.78 is 7.49. The average molecular weight is 245 g/mol. The molecule has 16 heavy (non-hydrogen) atoms. The lowest BCUT2D eigenvalue weighted by Crippen LogP contribution is -2.22. The van der Waals surface area contributed by atoms with E-state index in [-0.39, 0.29) is 0 Å². The zero-order chi connectivity index (χ0) is 11.5. The third-order valence-electron chi connectivity index (χ3n) is 2.32. The third-order valence-corrected chi connectivity index (χ3v) is 4.14. The van der Waals surface area contributed by atoms with Crippen molar-refractivity contribution >= 4 is 19.8 Å². The fourth-order valence-electron chi connectivity index (χ4n) is 1.63. The Hall–Kier alpha value is -1.11. The summed E-state index contributed by atoms with van der Waals surface area (Å²) in [5.74, 6) is -0.404. The topological polar surface area (TPSA) is 97.2 Å². The first kappa shape index (κ1) is 11.4. The van der Waals surface area contributed by atoms with E-state index in [1.54, 1.807) is 7.11 Å². The maximum absolute atomic E-state index is 10.5. The Morgan fingerprint density at radius 3 is 2.75 bits per heavy atom. The highest BCUT2D eigenvalue weighted by atomic mass is 31.2. The van der Waals surface area contributed by atoms with Gasteiger partial charge in [-0.15, -0.1) is 0 Å². The maximum atomic E-state index is 10.5. The number of H-pyrrole nitrogens is 1. The van der Waals surface area contributed by atoms with Crippen LogP contribution in [-0.2, 0) is 4.52 Å². The molecule has 1 unspecified atom stereocenters. The Bertz CT molecular complexity index is 378. The monoisotopic (exact) mass is 245 g/mol. The van der Waals surface area contributed by atoms with Crippen molar-refractivity contribution in [3.63, 3.8) is 0 Å². The van der Waals surface area contributed by atoms with E-state index >= 15 is 0 Å². The molecule has 1 aliphatic heterocycles. The number of hydrogen-bond donors (Lipinski definition) is 1. The molecule has 0 radical (unpaired) electrons. The number of aromatic amines is 1. The largest absolute Gasteiger partial charge is 0.491 e. The minimum absolute atomic E-state index is 0.404. The van der Waals surface area contributed by atoms with E-state index in [1.807, 2.05) is 0 Å². The molecule has 8 nitrogen and oxygen atoms in total. The molecule has 1 aliphatic rings. The summed E-state index contributed by atoms with van der Waals surface area (Å²) in [6.45, 7) is 1.88. The first-order valence-corrected chi connectivity index (χ1v) is 6.09. The van der Waals surface area contributed by atoms with E-state index in [4.69, 9.17) is 4.52 Å². The van der Waals surface area contributed by atoms with Gasteiger partial charge in [-0.25, -0.2) is 0 Å². The molecule has 1 aromatic rings. The minimum Gasteiger partial charge on any atom is -0.390 e. The average Bonchev–Trinajstić information content (AvgIpc) is 2.88. The first-order chi connectivity index (χ1) is 7.72. The fraction of sp³-hybridized carbons (Fsp3) is 0.714. The molecule has 0 spiro atoms. The van der Waals surface area contributed by atoms with Crippen LogP contribution in [0.1, 0.15) is 12.8 Å². The maximum Gasteiger partial charge on any atom is 0.491 e. The van der Waals surface area contributed by atoms with Crippen molar-refractivity contribution in [3.8, 4) is 0 Å². The Balaban J connectivity index is 2.15. The van der Waals surface area contributed by atoms with Gasteiger partial charge in [0.2, 0.25) is 0 Å². The van der Waals surface area contributed by atoms with Gasteiger partial charge >= 0.3 is 5.95 Å². The van der Waals surface area contributed by atoms with Crippen LogP contribution in [0.15, 0.2) is 0 Å². The zero-order valence-corrected chi connectivity index (χ0v) is 9.68. The van der Waals surface area contributed by atoms with Crippen LogP contribution in [0.5, 0.6) is 0 Å². The molecule has 1 saturated heterocycles. The van der Waals surface area contributed by atoms with Crippen molar-refractivity contribution in [1.29, 1.82) is 0 Å². The van der Waals surface area contributed by atoms with Crippen molar-refractivity contribution in [3.05, 3.63) is 10.1 Å². The van der Waals surface area contributed by atoms with E-state index in [0.29, 0.717) is 5.57 Å². The van der Waals surface area contributed by atoms with Crippen molar-refractivity contribution in [2.24, 2.45) is 0 Å². The highest BCUT2D eigenvalue weighted by Crippen LogP contribution is 2.40. The van der Waals surface area contributed by atoms with Gasteiger partial charge in [0.05, 0.1) is 0 Å². The Morgan fingerprint density at radius 1 is 1.56 bits per heavy atom.